The highest BCUT2D eigenvalue weighted by Gasteiger charge is 2.22. The van der Waals surface area contributed by atoms with Crippen LogP contribution in [-0.2, 0) is 0 Å². The second-order valence-corrected chi connectivity index (χ2v) is 7.54. The van der Waals surface area contributed by atoms with E-state index in [2.05, 4.69) is 44.5 Å². The van der Waals surface area contributed by atoms with Crippen molar-refractivity contribution in [2.45, 2.75) is 51.6 Å². The molecule has 2 heterocycles. The van der Waals surface area contributed by atoms with Crippen molar-refractivity contribution in [3.63, 3.8) is 0 Å². The number of urea groups is 1. The number of hydrogen-bond acceptors (Lipinski definition) is 6. The van der Waals surface area contributed by atoms with Gasteiger partial charge in [-0.3, -0.25) is 10.2 Å². The average Bonchev–Trinajstić information content (AvgIpc) is 3.19. The Morgan fingerprint density at radius 3 is 2.52 bits per heavy atom. The maximum Gasteiger partial charge on any atom is 0.321 e. The second kappa shape index (κ2) is 7.44. The molecule has 1 saturated carbocycles. The van der Waals surface area contributed by atoms with E-state index in [4.69, 9.17) is 0 Å². The van der Waals surface area contributed by atoms with Crippen LogP contribution in [0.3, 0.4) is 0 Å². The van der Waals surface area contributed by atoms with E-state index in [0.29, 0.717) is 17.2 Å². The minimum atomic E-state index is -0.163. The minimum Gasteiger partial charge on any atom is -0.344 e. The first-order valence-electron chi connectivity index (χ1n) is 8.52. The smallest absolute Gasteiger partial charge is 0.321 e. The Morgan fingerprint density at radius 2 is 1.87 bits per heavy atom. The summed E-state index contributed by atoms with van der Waals surface area (Å²) in [5.74, 6) is 0. The molecule has 2 N–H and O–H groups in total. The van der Waals surface area contributed by atoms with Crippen LogP contribution >= 0.6 is 11.3 Å². The Morgan fingerprint density at radius 1 is 1.17 bits per heavy atom. The molecule has 0 spiro atoms. The van der Waals surface area contributed by atoms with Gasteiger partial charge in [0.15, 0.2) is 0 Å². The van der Waals surface area contributed by atoms with Gasteiger partial charge in [-0.25, -0.2) is 4.79 Å². The van der Waals surface area contributed by atoms with Crippen molar-refractivity contribution in [2.24, 2.45) is 0 Å². The first-order chi connectivity index (χ1) is 11.1. The first kappa shape index (κ1) is 16.4. The van der Waals surface area contributed by atoms with E-state index < -0.39 is 0 Å². The number of carbonyl (C=O) groups excluding carboxylic acids is 1. The van der Waals surface area contributed by atoms with Crippen molar-refractivity contribution in [3.05, 3.63) is 0 Å². The monoisotopic (exact) mass is 338 g/mol. The molecule has 128 valence electrons. The summed E-state index contributed by atoms with van der Waals surface area (Å²) < 4.78 is 0. The molecule has 1 saturated heterocycles. The van der Waals surface area contributed by atoms with Crippen LogP contribution in [0, 0.1) is 0 Å². The maximum absolute atomic E-state index is 12.0. The number of aromatic nitrogens is 2. The highest BCUT2D eigenvalue weighted by atomic mass is 32.1. The van der Waals surface area contributed by atoms with Gasteiger partial charge in [-0.05, 0) is 26.7 Å². The number of nitrogens with zero attached hydrogens (tertiary/aromatic N) is 4. The number of rotatable bonds is 4. The molecule has 3 rings (SSSR count). The van der Waals surface area contributed by atoms with Gasteiger partial charge in [0.2, 0.25) is 10.3 Å². The molecule has 2 amide bonds. The van der Waals surface area contributed by atoms with Gasteiger partial charge in [0.25, 0.3) is 0 Å². The topological polar surface area (TPSA) is 73.4 Å². The molecule has 1 aromatic heterocycles. The first-order valence-corrected chi connectivity index (χ1v) is 9.33. The number of carbonyl (C=O) groups is 1. The van der Waals surface area contributed by atoms with Crippen LogP contribution < -0.4 is 15.5 Å². The van der Waals surface area contributed by atoms with Crippen LogP contribution in [0.5, 0.6) is 0 Å². The second-order valence-electron chi connectivity index (χ2n) is 6.59. The van der Waals surface area contributed by atoms with E-state index in [9.17, 15) is 4.79 Å². The number of hydrogen-bond donors (Lipinski definition) is 2. The summed E-state index contributed by atoms with van der Waals surface area (Å²) >= 11 is 1.45. The van der Waals surface area contributed by atoms with Crippen molar-refractivity contribution in [1.29, 1.82) is 0 Å². The Hall–Kier alpha value is -1.41. The number of piperazine rings is 1. The van der Waals surface area contributed by atoms with E-state index in [1.54, 1.807) is 0 Å². The molecule has 1 aromatic rings. The van der Waals surface area contributed by atoms with E-state index in [1.165, 1.54) is 24.2 Å². The lowest BCUT2D eigenvalue weighted by molar-refractivity contribution is 0.209. The molecule has 23 heavy (non-hydrogen) atoms. The lowest BCUT2D eigenvalue weighted by Gasteiger charge is -2.36. The summed E-state index contributed by atoms with van der Waals surface area (Å²) in [7, 11) is 0. The molecule has 0 radical (unpaired) electrons. The zero-order chi connectivity index (χ0) is 16.2. The number of nitrogens with one attached hydrogen (secondary N) is 2. The van der Waals surface area contributed by atoms with Crippen LogP contribution in [0.25, 0.3) is 0 Å². The lowest BCUT2D eigenvalue weighted by Crippen LogP contribution is -2.48. The molecule has 1 aliphatic carbocycles. The molecule has 7 nitrogen and oxygen atoms in total. The molecule has 2 fully saturated rings. The lowest BCUT2D eigenvalue weighted by atomic mass is 10.2. The number of amides is 2. The molecule has 8 heteroatoms. The maximum atomic E-state index is 12.0. The predicted molar refractivity (Wildman–Crippen MR) is 93.2 cm³/mol. The molecule has 2 aliphatic rings. The van der Waals surface area contributed by atoms with Gasteiger partial charge in [0.1, 0.15) is 0 Å². The normalized spacial score (nSPS) is 20.2. The zero-order valence-electron chi connectivity index (χ0n) is 13.9. The van der Waals surface area contributed by atoms with Gasteiger partial charge in [0, 0.05) is 38.3 Å². The third kappa shape index (κ3) is 4.32. The van der Waals surface area contributed by atoms with E-state index in [-0.39, 0.29) is 6.03 Å². The van der Waals surface area contributed by atoms with Gasteiger partial charge >= 0.3 is 6.03 Å². The van der Waals surface area contributed by atoms with Gasteiger partial charge in [-0.15, -0.1) is 10.2 Å². The van der Waals surface area contributed by atoms with Gasteiger partial charge < -0.3 is 10.2 Å². The summed E-state index contributed by atoms with van der Waals surface area (Å²) in [5, 5.41) is 15.6. The Balaban J connectivity index is 1.49. The van der Waals surface area contributed by atoms with Crippen LogP contribution in [0.4, 0.5) is 15.1 Å². The summed E-state index contributed by atoms with van der Waals surface area (Å²) in [5.41, 5.74) is 0. The molecule has 1 aliphatic heterocycles. The summed E-state index contributed by atoms with van der Waals surface area (Å²) in [6, 6.07) is 0.735. The summed E-state index contributed by atoms with van der Waals surface area (Å²) in [6.07, 6.45) is 4.57. The third-order valence-corrected chi connectivity index (χ3v) is 5.54. The largest absolute Gasteiger partial charge is 0.344 e. The SMILES string of the molecule is CC(C)N1CCN(c2nnc(NC(=O)NC3CCCC3)s2)CC1. The molecule has 0 aromatic carbocycles. The fourth-order valence-corrected chi connectivity index (χ4v) is 4.00. The highest BCUT2D eigenvalue weighted by Crippen LogP contribution is 2.25. The molecule has 0 unspecified atom stereocenters. The Bertz CT molecular complexity index is 520. The summed E-state index contributed by atoms with van der Waals surface area (Å²) in [6.45, 7) is 8.46. The highest BCUT2D eigenvalue weighted by molar-refractivity contribution is 7.19. The van der Waals surface area contributed by atoms with Crippen molar-refractivity contribution in [3.8, 4) is 0 Å². The Kier molecular flexibility index (Phi) is 5.32. The van der Waals surface area contributed by atoms with Crippen molar-refractivity contribution < 1.29 is 4.79 Å². The van der Waals surface area contributed by atoms with Crippen molar-refractivity contribution >= 4 is 27.6 Å². The third-order valence-electron chi connectivity index (χ3n) is 4.64. The predicted octanol–water partition coefficient (Wildman–Crippen LogP) is 2.13. The standard InChI is InChI=1S/C15H26N6OS/c1-11(2)20-7-9-21(10-8-20)15-19-18-14(23-15)17-13(22)16-12-5-3-4-6-12/h11-12H,3-10H2,1-2H3,(H2,16,17,18,22). The van der Waals surface area contributed by atoms with Crippen molar-refractivity contribution in [2.75, 3.05) is 36.4 Å². The van der Waals surface area contributed by atoms with E-state index in [1.807, 2.05) is 0 Å². The Labute approximate surface area is 141 Å². The van der Waals surface area contributed by atoms with Crippen LogP contribution in [0.15, 0.2) is 0 Å². The molecular weight excluding hydrogens is 312 g/mol. The van der Waals surface area contributed by atoms with Crippen molar-refractivity contribution in [1.82, 2.24) is 20.4 Å². The number of anilines is 2. The van der Waals surface area contributed by atoms with Crippen LogP contribution in [0.1, 0.15) is 39.5 Å². The molecule has 0 bridgehead atoms. The van der Waals surface area contributed by atoms with Crippen LogP contribution in [-0.4, -0.2) is 59.4 Å². The van der Waals surface area contributed by atoms with E-state index >= 15 is 0 Å². The zero-order valence-corrected chi connectivity index (χ0v) is 14.7. The fourth-order valence-electron chi connectivity index (χ4n) is 3.21. The average molecular weight is 338 g/mol. The van der Waals surface area contributed by atoms with Gasteiger partial charge in [0.05, 0.1) is 0 Å². The minimum absolute atomic E-state index is 0.163. The van der Waals surface area contributed by atoms with E-state index in [0.717, 1.165) is 44.2 Å². The fraction of sp³-hybridized carbons (Fsp3) is 0.800. The van der Waals surface area contributed by atoms with Crippen LogP contribution in [0.2, 0.25) is 0 Å². The van der Waals surface area contributed by atoms with Gasteiger partial charge in [-0.1, -0.05) is 24.2 Å². The van der Waals surface area contributed by atoms with Gasteiger partial charge in [-0.2, -0.15) is 0 Å². The molecule has 0 atom stereocenters. The summed E-state index contributed by atoms with van der Waals surface area (Å²) in [4.78, 5) is 16.7. The quantitative estimate of drug-likeness (QED) is 0.880. The molecular formula is C15H26N6OS.